The molecule has 1 amide bonds. The molecule has 104 valence electrons. The molecule has 0 heterocycles. The fourth-order valence-electron chi connectivity index (χ4n) is 1.42. The molecule has 0 rings (SSSR count). The van der Waals surface area contributed by atoms with Crippen LogP contribution in [0.25, 0.3) is 0 Å². The molecule has 0 aromatic heterocycles. The summed E-state index contributed by atoms with van der Waals surface area (Å²) in [5.41, 5.74) is 0. The second kappa shape index (κ2) is 17.8. The van der Waals surface area contributed by atoms with E-state index in [0.717, 1.165) is 26.1 Å². The molecule has 3 heteroatoms. The van der Waals surface area contributed by atoms with E-state index >= 15 is 0 Å². The predicted octanol–water partition coefficient (Wildman–Crippen LogP) is 3.10. The molecule has 0 bridgehead atoms. The van der Waals surface area contributed by atoms with E-state index in [1.165, 1.54) is 25.7 Å². The van der Waals surface area contributed by atoms with Crippen molar-refractivity contribution in [3.8, 4) is 0 Å². The van der Waals surface area contributed by atoms with Crippen molar-refractivity contribution >= 4 is 5.91 Å². The van der Waals surface area contributed by atoms with Crippen LogP contribution in [-0.2, 0) is 4.79 Å². The van der Waals surface area contributed by atoms with Gasteiger partial charge in [-0.05, 0) is 26.4 Å². The van der Waals surface area contributed by atoms with Gasteiger partial charge in [0, 0.05) is 13.0 Å². The maximum Gasteiger partial charge on any atom is 0.219 e. The van der Waals surface area contributed by atoms with Crippen molar-refractivity contribution in [3.63, 3.8) is 0 Å². The SMILES string of the molecule is CCCCCCCC(=O)NCC.CCNCC. The van der Waals surface area contributed by atoms with Crippen LogP contribution in [0.1, 0.15) is 66.2 Å². The molecule has 0 aliphatic carbocycles. The van der Waals surface area contributed by atoms with Crippen LogP contribution in [0.3, 0.4) is 0 Å². The molecule has 0 aliphatic rings. The molecular weight excluding hydrogens is 212 g/mol. The van der Waals surface area contributed by atoms with Gasteiger partial charge in [0.1, 0.15) is 0 Å². The molecule has 17 heavy (non-hydrogen) atoms. The lowest BCUT2D eigenvalue weighted by atomic mass is 10.1. The Morgan fingerprint density at radius 2 is 1.41 bits per heavy atom. The quantitative estimate of drug-likeness (QED) is 0.612. The Labute approximate surface area is 108 Å². The monoisotopic (exact) mass is 244 g/mol. The number of carbonyl (C=O) groups is 1. The Morgan fingerprint density at radius 3 is 1.82 bits per heavy atom. The molecule has 0 spiro atoms. The molecule has 0 fully saturated rings. The lowest BCUT2D eigenvalue weighted by Gasteiger charge is -2.01. The highest BCUT2D eigenvalue weighted by Crippen LogP contribution is 2.04. The van der Waals surface area contributed by atoms with Gasteiger partial charge in [0.05, 0.1) is 0 Å². The van der Waals surface area contributed by atoms with E-state index in [1.807, 2.05) is 6.92 Å². The number of hydrogen-bond acceptors (Lipinski definition) is 2. The first-order chi connectivity index (χ1) is 8.22. The van der Waals surface area contributed by atoms with Crippen LogP contribution in [0.5, 0.6) is 0 Å². The summed E-state index contributed by atoms with van der Waals surface area (Å²) >= 11 is 0. The summed E-state index contributed by atoms with van der Waals surface area (Å²) in [5, 5.41) is 5.91. The van der Waals surface area contributed by atoms with E-state index in [-0.39, 0.29) is 5.91 Å². The van der Waals surface area contributed by atoms with Crippen molar-refractivity contribution in [3.05, 3.63) is 0 Å². The van der Waals surface area contributed by atoms with Crippen LogP contribution >= 0.6 is 0 Å². The van der Waals surface area contributed by atoms with Crippen molar-refractivity contribution in [2.45, 2.75) is 66.2 Å². The fourth-order valence-corrected chi connectivity index (χ4v) is 1.42. The largest absolute Gasteiger partial charge is 0.356 e. The lowest BCUT2D eigenvalue weighted by molar-refractivity contribution is -0.121. The number of amides is 1. The number of unbranched alkanes of at least 4 members (excludes halogenated alkanes) is 4. The average Bonchev–Trinajstić information content (AvgIpc) is 2.31. The third-order valence-electron chi connectivity index (χ3n) is 2.38. The first-order valence-electron chi connectivity index (χ1n) is 7.20. The smallest absolute Gasteiger partial charge is 0.219 e. The maximum atomic E-state index is 11.0. The molecule has 0 aromatic carbocycles. The van der Waals surface area contributed by atoms with Crippen molar-refractivity contribution in [1.29, 1.82) is 0 Å². The lowest BCUT2D eigenvalue weighted by Crippen LogP contribution is -2.21. The number of nitrogens with one attached hydrogen (secondary N) is 2. The van der Waals surface area contributed by atoms with Crippen LogP contribution in [0.4, 0.5) is 0 Å². The molecule has 0 saturated carbocycles. The highest BCUT2D eigenvalue weighted by Gasteiger charge is 1.97. The van der Waals surface area contributed by atoms with Gasteiger partial charge in [-0.3, -0.25) is 4.79 Å². The topological polar surface area (TPSA) is 41.1 Å². The summed E-state index contributed by atoms with van der Waals surface area (Å²) in [7, 11) is 0. The minimum absolute atomic E-state index is 0.203. The first-order valence-corrected chi connectivity index (χ1v) is 7.20. The molecular formula is C14H32N2O. The normalized spacial score (nSPS) is 9.41. The van der Waals surface area contributed by atoms with Crippen molar-refractivity contribution < 1.29 is 4.79 Å². The fraction of sp³-hybridized carbons (Fsp3) is 0.929. The second-order valence-corrected chi connectivity index (χ2v) is 4.07. The van der Waals surface area contributed by atoms with Crippen molar-refractivity contribution in [1.82, 2.24) is 10.6 Å². The molecule has 2 N–H and O–H groups in total. The first kappa shape index (κ1) is 18.8. The summed E-state index contributed by atoms with van der Waals surface area (Å²) in [5.74, 6) is 0.203. The number of rotatable bonds is 9. The van der Waals surface area contributed by atoms with Crippen LogP contribution in [0, 0.1) is 0 Å². The van der Waals surface area contributed by atoms with Crippen LogP contribution in [0.15, 0.2) is 0 Å². The maximum absolute atomic E-state index is 11.0. The molecule has 0 atom stereocenters. The zero-order valence-corrected chi connectivity index (χ0v) is 12.3. The van der Waals surface area contributed by atoms with E-state index in [1.54, 1.807) is 0 Å². The number of carbonyl (C=O) groups excluding carboxylic acids is 1. The summed E-state index contributed by atoms with van der Waals surface area (Å²) < 4.78 is 0. The van der Waals surface area contributed by atoms with Crippen LogP contribution in [-0.4, -0.2) is 25.5 Å². The van der Waals surface area contributed by atoms with E-state index in [2.05, 4.69) is 31.4 Å². The van der Waals surface area contributed by atoms with Crippen molar-refractivity contribution in [2.75, 3.05) is 19.6 Å². The minimum Gasteiger partial charge on any atom is -0.356 e. The van der Waals surface area contributed by atoms with Crippen LogP contribution < -0.4 is 10.6 Å². The zero-order chi connectivity index (χ0) is 13.4. The molecule has 3 nitrogen and oxygen atoms in total. The Kier molecular flexibility index (Phi) is 19.7. The Balaban J connectivity index is 0. The summed E-state index contributed by atoms with van der Waals surface area (Å²) in [6.45, 7) is 11.3. The molecule has 0 unspecified atom stereocenters. The Hall–Kier alpha value is -0.570. The van der Waals surface area contributed by atoms with Crippen LogP contribution in [0.2, 0.25) is 0 Å². The van der Waals surface area contributed by atoms with Gasteiger partial charge in [-0.1, -0.05) is 46.5 Å². The van der Waals surface area contributed by atoms with E-state index in [0.29, 0.717) is 6.42 Å². The van der Waals surface area contributed by atoms with Gasteiger partial charge in [0.15, 0.2) is 0 Å². The van der Waals surface area contributed by atoms with E-state index in [9.17, 15) is 4.79 Å². The highest BCUT2D eigenvalue weighted by atomic mass is 16.1. The van der Waals surface area contributed by atoms with E-state index < -0.39 is 0 Å². The van der Waals surface area contributed by atoms with E-state index in [4.69, 9.17) is 0 Å². The van der Waals surface area contributed by atoms with Gasteiger partial charge >= 0.3 is 0 Å². The molecule has 0 aliphatic heterocycles. The van der Waals surface area contributed by atoms with Gasteiger partial charge < -0.3 is 10.6 Å². The highest BCUT2D eigenvalue weighted by molar-refractivity contribution is 5.75. The summed E-state index contributed by atoms with van der Waals surface area (Å²) in [6, 6.07) is 0. The third-order valence-corrected chi connectivity index (χ3v) is 2.38. The van der Waals surface area contributed by atoms with Gasteiger partial charge in [-0.25, -0.2) is 0 Å². The van der Waals surface area contributed by atoms with Crippen molar-refractivity contribution in [2.24, 2.45) is 0 Å². The van der Waals surface area contributed by atoms with Gasteiger partial charge in [-0.2, -0.15) is 0 Å². The van der Waals surface area contributed by atoms with Gasteiger partial charge in [0.2, 0.25) is 5.91 Å². The predicted molar refractivity (Wildman–Crippen MR) is 76.3 cm³/mol. The molecule has 0 radical (unpaired) electrons. The second-order valence-electron chi connectivity index (χ2n) is 4.07. The Morgan fingerprint density at radius 1 is 0.824 bits per heavy atom. The summed E-state index contributed by atoms with van der Waals surface area (Å²) in [4.78, 5) is 11.0. The Bertz CT molecular complexity index is 147. The third kappa shape index (κ3) is 21.3. The van der Waals surface area contributed by atoms with Gasteiger partial charge in [0.25, 0.3) is 0 Å². The number of hydrogen-bond donors (Lipinski definition) is 2. The minimum atomic E-state index is 0.203. The standard InChI is InChI=1S/C10H21NO.C4H11N/c1-3-5-6-7-8-9-10(12)11-4-2;1-3-5-4-2/h3-9H2,1-2H3,(H,11,12);5H,3-4H2,1-2H3. The zero-order valence-electron chi connectivity index (χ0n) is 12.3. The molecule has 0 aromatic rings. The average molecular weight is 244 g/mol. The summed E-state index contributed by atoms with van der Waals surface area (Å²) in [6.07, 6.45) is 6.79. The van der Waals surface area contributed by atoms with Gasteiger partial charge in [-0.15, -0.1) is 0 Å². The molecule has 0 saturated heterocycles.